The summed E-state index contributed by atoms with van der Waals surface area (Å²) in [6.07, 6.45) is 0. The Morgan fingerprint density at radius 2 is 1.93 bits per heavy atom. The van der Waals surface area contributed by atoms with Gasteiger partial charge < -0.3 is 19.3 Å². The van der Waals surface area contributed by atoms with Crippen molar-refractivity contribution in [3.8, 4) is 11.5 Å². The van der Waals surface area contributed by atoms with Crippen molar-refractivity contribution in [2.45, 2.75) is 27.4 Å². The smallest absolute Gasteiger partial charge is 0.255 e. The minimum absolute atomic E-state index is 0.276. The van der Waals surface area contributed by atoms with Gasteiger partial charge in [-0.25, -0.2) is 4.39 Å². The molecule has 146 valence electrons. The van der Waals surface area contributed by atoms with Gasteiger partial charge in [0.05, 0.1) is 18.4 Å². The molecule has 3 rings (SSSR count). The minimum atomic E-state index is -0.350. The molecule has 1 amide bonds. The molecular weight excluding hydrogens is 363 g/mol. The third-order valence-electron chi connectivity index (χ3n) is 4.42. The number of carbonyl (C=O) groups is 1. The average Bonchev–Trinajstić information content (AvgIpc) is 3.00. The lowest BCUT2D eigenvalue weighted by atomic mass is 10.1. The van der Waals surface area contributed by atoms with Crippen molar-refractivity contribution in [3.05, 3.63) is 70.4 Å². The molecule has 0 atom stereocenters. The van der Waals surface area contributed by atoms with Gasteiger partial charge in [-0.1, -0.05) is 5.16 Å². The highest BCUT2D eigenvalue weighted by molar-refractivity contribution is 6.05. The Bertz CT molecular complexity index is 994. The van der Waals surface area contributed by atoms with Crippen molar-refractivity contribution in [3.63, 3.8) is 0 Å². The van der Waals surface area contributed by atoms with Crippen LogP contribution < -0.4 is 14.8 Å². The molecule has 0 bridgehead atoms. The van der Waals surface area contributed by atoms with Gasteiger partial charge in [-0.3, -0.25) is 4.79 Å². The summed E-state index contributed by atoms with van der Waals surface area (Å²) in [7, 11) is 1.50. The molecule has 1 aromatic heterocycles. The molecule has 0 spiro atoms. The second-order valence-corrected chi connectivity index (χ2v) is 6.37. The molecule has 0 saturated heterocycles. The summed E-state index contributed by atoms with van der Waals surface area (Å²) in [6, 6.07) is 9.09. The number of nitrogens with one attached hydrogen (secondary N) is 1. The number of halogens is 1. The van der Waals surface area contributed by atoms with Gasteiger partial charge >= 0.3 is 0 Å². The first-order chi connectivity index (χ1) is 13.4. The van der Waals surface area contributed by atoms with E-state index >= 15 is 0 Å². The molecule has 0 aliphatic heterocycles. The number of aromatic nitrogens is 1. The molecule has 0 aliphatic carbocycles. The number of hydrogen-bond donors (Lipinski definition) is 1. The Labute approximate surface area is 162 Å². The van der Waals surface area contributed by atoms with Gasteiger partial charge in [0.1, 0.15) is 18.2 Å². The van der Waals surface area contributed by atoms with E-state index in [1.807, 2.05) is 13.8 Å². The highest BCUT2D eigenvalue weighted by Gasteiger charge is 2.15. The van der Waals surface area contributed by atoms with Gasteiger partial charge in [0.25, 0.3) is 5.91 Å². The zero-order valence-corrected chi connectivity index (χ0v) is 16.1. The number of aryl methyl sites for hydroxylation is 3. The standard InChI is InChI=1S/C21H21FN2O4/c1-12-9-16(22)6-7-18(12)23-21(25)15-5-8-19(20(10-15)26-4)27-11-17-13(2)24-28-14(17)3/h5-10H,11H2,1-4H3,(H,23,25). The molecule has 3 aromatic rings. The van der Waals surface area contributed by atoms with E-state index in [0.29, 0.717) is 34.1 Å². The second kappa shape index (κ2) is 8.12. The number of rotatable bonds is 6. The third kappa shape index (κ3) is 4.14. The van der Waals surface area contributed by atoms with E-state index in [2.05, 4.69) is 10.5 Å². The Hall–Kier alpha value is -3.35. The van der Waals surface area contributed by atoms with Crippen molar-refractivity contribution < 1.29 is 23.2 Å². The molecule has 0 aliphatic rings. The zero-order valence-electron chi connectivity index (χ0n) is 16.1. The van der Waals surface area contributed by atoms with Gasteiger partial charge in [0.15, 0.2) is 11.5 Å². The van der Waals surface area contributed by atoms with Crippen molar-refractivity contribution in [1.82, 2.24) is 5.16 Å². The lowest BCUT2D eigenvalue weighted by Gasteiger charge is -2.13. The molecule has 0 saturated carbocycles. The minimum Gasteiger partial charge on any atom is -0.493 e. The summed E-state index contributed by atoms with van der Waals surface area (Å²) in [5, 5.41) is 6.67. The van der Waals surface area contributed by atoms with Crippen LogP contribution in [0.5, 0.6) is 11.5 Å². The molecule has 1 N–H and O–H groups in total. The molecule has 6 nitrogen and oxygen atoms in total. The number of benzene rings is 2. The SMILES string of the molecule is COc1cc(C(=O)Nc2ccc(F)cc2C)ccc1OCc1c(C)noc1C. The zero-order chi connectivity index (χ0) is 20.3. The molecule has 0 radical (unpaired) electrons. The summed E-state index contributed by atoms with van der Waals surface area (Å²) in [4.78, 5) is 12.5. The number of carbonyl (C=O) groups excluding carboxylic acids is 1. The van der Waals surface area contributed by atoms with E-state index in [4.69, 9.17) is 14.0 Å². The molecule has 0 unspecified atom stereocenters. The Kier molecular flexibility index (Phi) is 5.63. The van der Waals surface area contributed by atoms with Crippen molar-refractivity contribution in [2.24, 2.45) is 0 Å². The van der Waals surface area contributed by atoms with Crippen LogP contribution in [0, 0.1) is 26.6 Å². The fourth-order valence-electron chi connectivity index (χ4n) is 2.75. The van der Waals surface area contributed by atoms with E-state index in [1.54, 1.807) is 25.1 Å². The lowest BCUT2D eigenvalue weighted by molar-refractivity contribution is 0.102. The molecular formula is C21H21FN2O4. The highest BCUT2D eigenvalue weighted by atomic mass is 19.1. The normalized spacial score (nSPS) is 10.6. The van der Waals surface area contributed by atoms with Gasteiger partial charge in [-0.15, -0.1) is 0 Å². The van der Waals surface area contributed by atoms with E-state index in [9.17, 15) is 9.18 Å². The topological polar surface area (TPSA) is 73.6 Å². The lowest BCUT2D eigenvalue weighted by Crippen LogP contribution is -2.13. The van der Waals surface area contributed by atoms with Crippen LogP contribution in [0.2, 0.25) is 0 Å². The first-order valence-electron chi connectivity index (χ1n) is 8.69. The molecule has 28 heavy (non-hydrogen) atoms. The maximum absolute atomic E-state index is 13.2. The van der Waals surface area contributed by atoms with E-state index in [-0.39, 0.29) is 18.3 Å². The van der Waals surface area contributed by atoms with Gasteiger partial charge in [-0.05, 0) is 62.7 Å². The number of hydrogen-bond acceptors (Lipinski definition) is 5. The summed E-state index contributed by atoms with van der Waals surface area (Å²) in [5.74, 6) is 0.941. The van der Waals surface area contributed by atoms with Gasteiger partial charge in [0.2, 0.25) is 0 Å². The third-order valence-corrected chi connectivity index (χ3v) is 4.42. The average molecular weight is 384 g/mol. The number of anilines is 1. The summed E-state index contributed by atoms with van der Waals surface area (Å²) >= 11 is 0. The van der Waals surface area contributed by atoms with Crippen LogP contribution in [0.15, 0.2) is 40.9 Å². The molecule has 0 fully saturated rings. The maximum atomic E-state index is 13.2. The van der Waals surface area contributed by atoms with Crippen molar-refractivity contribution >= 4 is 11.6 Å². The van der Waals surface area contributed by atoms with E-state index < -0.39 is 0 Å². The number of nitrogens with zero attached hydrogens (tertiary/aromatic N) is 1. The number of amides is 1. The number of methoxy groups -OCH3 is 1. The fraction of sp³-hybridized carbons (Fsp3) is 0.238. The van der Waals surface area contributed by atoms with Crippen LogP contribution in [0.1, 0.15) is 32.9 Å². The first kappa shape index (κ1) is 19.4. The predicted molar refractivity (Wildman–Crippen MR) is 102 cm³/mol. The van der Waals surface area contributed by atoms with Crippen LogP contribution >= 0.6 is 0 Å². The summed E-state index contributed by atoms with van der Waals surface area (Å²) in [5.41, 5.74) is 3.21. The first-order valence-corrected chi connectivity index (χ1v) is 8.69. The Balaban J connectivity index is 1.75. The van der Waals surface area contributed by atoms with Crippen molar-refractivity contribution in [2.75, 3.05) is 12.4 Å². The molecule has 1 heterocycles. The highest BCUT2D eigenvalue weighted by Crippen LogP contribution is 2.30. The second-order valence-electron chi connectivity index (χ2n) is 6.37. The van der Waals surface area contributed by atoms with Gasteiger partial charge in [0, 0.05) is 11.3 Å². The van der Waals surface area contributed by atoms with Crippen LogP contribution in [-0.2, 0) is 6.61 Å². The van der Waals surface area contributed by atoms with Crippen molar-refractivity contribution in [1.29, 1.82) is 0 Å². The predicted octanol–water partition coefficient (Wildman–Crippen LogP) is 4.58. The molecule has 7 heteroatoms. The fourth-order valence-corrected chi connectivity index (χ4v) is 2.75. The van der Waals surface area contributed by atoms with Gasteiger partial charge in [-0.2, -0.15) is 0 Å². The van der Waals surface area contributed by atoms with Crippen LogP contribution in [-0.4, -0.2) is 18.2 Å². The summed E-state index contributed by atoms with van der Waals surface area (Å²) < 4.78 is 29.5. The summed E-state index contributed by atoms with van der Waals surface area (Å²) in [6.45, 7) is 5.67. The number of ether oxygens (including phenoxy) is 2. The molecule has 2 aromatic carbocycles. The monoisotopic (exact) mass is 384 g/mol. The Morgan fingerprint density at radius 1 is 1.14 bits per heavy atom. The maximum Gasteiger partial charge on any atom is 0.255 e. The largest absolute Gasteiger partial charge is 0.493 e. The van der Waals surface area contributed by atoms with Crippen LogP contribution in [0.3, 0.4) is 0 Å². The van der Waals surface area contributed by atoms with E-state index in [1.165, 1.54) is 25.3 Å². The Morgan fingerprint density at radius 3 is 2.57 bits per heavy atom. The van der Waals surface area contributed by atoms with Crippen LogP contribution in [0.25, 0.3) is 0 Å². The van der Waals surface area contributed by atoms with Crippen LogP contribution in [0.4, 0.5) is 10.1 Å². The quantitative estimate of drug-likeness (QED) is 0.673. The van der Waals surface area contributed by atoms with E-state index in [0.717, 1.165) is 11.3 Å².